The van der Waals surface area contributed by atoms with Gasteiger partial charge in [0.2, 0.25) is 0 Å². The first kappa shape index (κ1) is 10.5. The molecule has 3 rings (SSSR count). The SMILES string of the molecule is Cc1ccc(F)c2c(=O)c3c([nH]c12)CCCC3. The molecule has 1 heterocycles. The Hall–Kier alpha value is -1.64. The highest BCUT2D eigenvalue weighted by Gasteiger charge is 2.18. The molecule has 0 bridgehead atoms. The minimum absolute atomic E-state index is 0.116. The van der Waals surface area contributed by atoms with Gasteiger partial charge in [0.1, 0.15) is 5.82 Å². The Labute approximate surface area is 98.5 Å². The maximum absolute atomic E-state index is 13.8. The number of aromatic amines is 1. The molecular formula is C14H14FNO. The zero-order chi connectivity index (χ0) is 12.0. The Morgan fingerprint density at radius 1 is 1.24 bits per heavy atom. The van der Waals surface area contributed by atoms with E-state index < -0.39 is 5.82 Å². The van der Waals surface area contributed by atoms with Crippen LogP contribution >= 0.6 is 0 Å². The third-order valence-electron chi connectivity index (χ3n) is 3.61. The molecule has 0 fully saturated rings. The number of rotatable bonds is 0. The van der Waals surface area contributed by atoms with E-state index in [0.717, 1.165) is 42.5 Å². The highest BCUT2D eigenvalue weighted by atomic mass is 19.1. The van der Waals surface area contributed by atoms with Gasteiger partial charge in [0.05, 0.1) is 10.9 Å². The van der Waals surface area contributed by atoms with Crippen molar-refractivity contribution in [1.82, 2.24) is 4.98 Å². The maximum atomic E-state index is 13.8. The maximum Gasteiger partial charge on any atom is 0.195 e. The molecule has 1 aliphatic rings. The van der Waals surface area contributed by atoms with Crippen molar-refractivity contribution in [2.45, 2.75) is 32.6 Å². The summed E-state index contributed by atoms with van der Waals surface area (Å²) in [7, 11) is 0. The molecule has 1 aliphatic carbocycles. The Balaban J connectivity index is 2.48. The van der Waals surface area contributed by atoms with Gasteiger partial charge in [0.15, 0.2) is 5.43 Å². The topological polar surface area (TPSA) is 32.9 Å². The Kier molecular flexibility index (Phi) is 2.28. The summed E-state index contributed by atoms with van der Waals surface area (Å²) in [5, 5.41) is 0.227. The van der Waals surface area contributed by atoms with Crippen LogP contribution in [-0.4, -0.2) is 4.98 Å². The van der Waals surface area contributed by atoms with Gasteiger partial charge in [-0.2, -0.15) is 0 Å². The van der Waals surface area contributed by atoms with Crippen molar-refractivity contribution in [2.75, 3.05) is 0 Å². The number of aromatic nitrogens is 1. The minimum Gasteiger partial charge on any atom is -0.358 e. The molecule has 0 radical (unpaired) electrons. The van der Waals surface area contributed by atoms with Gasteiger partial charge in [-0.05, 0) is 44.2 Å². The third-order valence-corrected chi connectivity index (χ3v) is 3.61. The monoisotopic (exact) mass is 231 g/mol. The van der Waals surface area contributed by atoms with E-state index in [4.69, 9.17) is 0 Å². The minimum atomic E-state index is -0.416. The van der Waals surface area contributed by atoms with Crippen LogP contribution in [0.2, 0.25) is 0 Å². The second-order valence-corrected chi connectivity index (χ2v) is 4.73. The number of pyridine rings is 1. The summed E-state index contributed by atoms with van der Waals surface area (Å²) in [6.45, 7) is 1.90. The summed E-state index contributed by atoms with van der Waals surface area (Å²) in [6, 6.07) is 3.09. The molecule has 0 atom stereocenters. The van der Waals surface area contributed by atoms with E-state index in [9.17, 15) is 9.18 Å². The number of hydrogen-bond donors (Lipinski definition) is 1. The summed E-state index contributed by atoms with van der Waals surface area (Å²) < 4.78 is 13.8. The van der Waals surface area contributed by atoms with Crippen LogP contribution < -0.4 is 5.43 Å². The second-order valence-electron chi connectivity index (χ2n) is 4.73. The molecule has 0 aliphatic heterocycles. The second kappa shape index (κ2) is 3.69. The van der Waals surface area contributed by atoms with Gasteiger partial charge in [0.25, 0.3) is 0 Å². The van der Waals surface area contributed by atoms with Crippen molar-refractivity contribution < 1.29 is 4.39 Å². The van der Waals surface area contributed by atoms with Gasteiger partial charge in [-0.3, -0.25) is 4.79 Å². The lowest BCUT2D eigenvalue weighted by Gasteiger charge is -2.16. The molecule has 2 nitrogen and oxygen atoms in total. The van der Waals surface area contributed by atoms with Crippen LogP contribution in [0, 0.1) is 12.7 Å². The number of benzene rings is 1. The lowest BCUT2D eigenvalue weighted by Crippen LogP contribution is -2.19. The summed E-state index contributed by atoms with van der Waals surface area (Å²) in [4.78, 5) is 15.5. The number of H-pyrrole nitrogens is 1. The van der Waals surface area contributed by atoms with Crippen LogP contribution in [0.4, 0.5) is 4.39 Å². The van der Waals surface area contributed by atoms with Crippen molar-refractivity contribution >= 4 is 10.9 Å². The predicted octanol–water partition coefficient (Wildman–Crippen LogP) is 2.85. The Morgan fingerprint density at radius 3 is 2.82 bits per heavy atom. The van der Waals surface area contributed by atoms with Crippen molar-refractivity contribution in [3.05, 3.63) is 45.0 Å². The normalized spacial score (nSPS) is 14.9. The molecule has 1 N–H and O–H groups in total. The van der Waals surface area contributed by atoms with E-state index in [0.29, 0.717) is 5.52 Å². The first-order valence-electron chi connectivity index (χ1n) is 6.01. The Bertz CT molecular complexity index is 657. The molecule has 0 spiro atoms. The van der Waals surface area contributed by atoms with E-state index in [1.54, 1.807) is 6.07 Å². The first-order chi connectivity index (χ1) is 8.18. The molecule has 1 aromatic carbocycles. The molecule has 1 aromatic heterocycles. The van der Waals surface area contributed by atoms with Crippen molar-refractivity contribution in [2.24, 2.45) is 0 Å². The zero-order valence-electron chi connectivity index (χ0n) is 9.77. The van der Waals surface area contributed by atoms with Crippen molar-refractivity contribution in [1.29, 1.82) is 0 Å². The summed E-state index contributed by atoms with van der Waals surface area (Å²) in [5.74, 6) is -0.416. The molecule has 0 unspecified atom stereocenters. The standard InChI is InChI=1S/C14H14FNO/c1-8-6-7-10(15)12-13(8)16-11-5-3-2-4-9(11)14(12)17/h6-7H,2-5H2,1H3,(H,16,17). The molecule has 88 valence electrons. The van der Waals surface area contributed by atoms with Crippen LogP contribution in [0.3, 0.4) is 0 Å². The number of nitrogens with one attached hydrogen (secondary N) is 1. The summed E-state index contributed by atoms with van der Waals surface area (Å²) in [6.07, 6.45) is 3.79. The smallest absolute Gasteiger partial charge is 0.195 e. The molecule has 3 heteroatoms. The molecule has 0 saturated carbocycles. The largest absolute Gasteiger partial charge is 0.358 e. The van der Waals surface area contributed by atoms with Crippen molar-refractivity contribution in [3.63, 3.8) is 0 Å². The van der Waals surface area contributed by atoms with Crippen LogP contribution in [0.5, 0.6) is 0 Å². The molecule has 0 amide bonds. The van der Waals surface area contributed by atoms with Crippen LogP contribution in [0.1, 0.15) is 29.7 Å². The van der Waals surface area contributed by atoms with Gasteiger partial charge in [-0.15, -0.1) is 0 Å². The van der Waals surface area contributed by atoms with E-state index in [1.165, 1.54) is 6.07 Å². The highest BCUT2D eigenvalue weighted by molar-refractivity contribution is 5.83. The van der Waals surface area contributed by atoms with E-state index >= 15 is 0 Å². The Morgan fingerprint density at radius 2 is 2.00 bits per heavy atom. The lowest BCUT2D eigenvalue weighted by molar-refractivity contribution is 0.635. The number of halogens is 1. The predicted molar refractivity (Wildman–Crippen MR) is 65.9 cm³/mol. The number of fused-ring (bicyclic) bond motifs is 2. The molecular weight excluding hydrogens is 217 g/mol. The number of aryl methyl sites for hydroxylation is 2. The summed E-state index contributed by atoms with van der Waals surface area (Å²) in [5.41, 5.74) is 3.26. The molecule has 0 saturated heterocycles. The average Bonchev–Trinajstić information content (AvgIpc) is 2.34. The third kappa shape index (κ3) is 1.49. The van der Waals surface area contributed by atoms with Crippen molar-refractivity contribution in [3.8, 4) is 0 Å². The summed E-state index contributed by atoms with van der Waals surface area (Å²) >= 11 is 0. The van der Waals surface area contributed by atoms with Crippen LogP contribution in [0.15, 0.2) is 16.9 Å². The fourth-order valence-corrected chi connectivity index (χ4v) is 2.66. The average molecular weight is 231 g/mol. The van der Waals surface area contributed by atoms with Gasteiger partial charge < -0.3 is 4.98 Å². The van der Waals surface area contributed by atoms with Crippen LogP contribution in [0.25, 0.3) is 10.9 Å². The van der Waals surface area contributed by atoms with Gasteiger partial charge >= 0.3 is 0 Å². The fourth-order valence-electron chi connectivity index (χ4n) is 2.66. The lowest BCUT2D eigenvalue weighted by atomic mass is 9.93. The quantitative estimate of drug-likeness (QED) is 0.743. The van der Waals surface area contributed by atoms with Gasteiger partial charge in [-0.25, -0.2) is 4.39 Å². The van der Waals surface area contributed by atoms with Gasteiger partial charge in [0, 0.05) is 11.3 Å². The molecule has 2 aromatic rings. The molecule has 17 heavy (non-hydrogen) atoms. The highest BCUT2D eigenvalue weighted by Crippen LogP contribution is 2.23. The number of hydrogen-bond acceptors (Lipinski definition) is 1. The van der Waals surface area contributed by atoms with E-state index in [2.05, 4.69) is 4.98 Å². The van der Waals surface area contributed by atoms with Crippen LogP contribution in [-0.2, 0) is 12.8 Å². The van der Waals surface area contributed by atoms with E-state index in [-0.39, 0.29) is 10.8 Å². The van der Waals surface area contributed by atoms with Gasteiger partial charge in [-0.1, -0.05) is 6.07 Å². The zero-order valence-corrected chi connectivity index (χ0v) is 9.77. The van der Waals surface area contributed by atoms with E-state index in [1.807, 2.05) is 6.92 Å². The fraction of sp³-hybridized carbons (Fsp3) is 0.357. The first-order valence-corrected chi connectivity index (χ1v) is 6.01.